The Balaban J connectivity index is 1.81. The molecule has 0 fully saturated rings. The van der Waals surface area contributed by atoms with Gasteiger partial charge in [0.05, 0.1) is 6.21 Å². The van der Waals surface area contributed by atoms with Crippen LogP contribution in [0.5, 0.6) is 11.5 Å². The Hall–Kier alpha value is -3.90. The average molecular weight is 337 g/mol. The second-order valence-corrected chi connectivity index (χ2v) is 4.11. The highest BCUT2D eigenvalue weighted by atomic mass is 16.7. The van der Waals surface area contributed by atoms with Crippen LogP contribution < -0.4 is 31.5 Å². The Morgan fingerprint density at radius 2 is 2.00 bits per heavy atom. The molecule has 0 radical (unpaired) electrons. The van der Waals surface area contributed by atoms with Crippen molar-refractivity contribution < 1.29 is 24.1 Å². The van der Waals surface area contributed by atoms with E-state index < -0.39 is 22.8 Å². The Morgan fingerprint density at radius 3 is 2.75 bits per heavy atom. The number of fused-ring (bicyclic) bond motifs is 1. The fourth-order valence-electron chi connectivity index (χ4n) is 1.50. The van der Waals surface area contributed by atoms with Crippen LogP contribution in [0.2, 0.25) is 0 Å². The van der Waals surface area contributed by atoms with Gasteiger partial charge in [-0.1, -0.05) is 0 Å². The van der Waals surface area contributed by atoms with E-state index in [0.717, 1.165) is 0 Å². The summed E-state index contributed by atoms with van der Waals surface area (Å²) in [4.78, 5) is 32.8. The minimum Gasteiger partial charge on any atom is -0.454 e. The SMILES string of the molecule is N/C(=N\[N+](=O)[O-])NNC(=O)C(=O)N/N=C/c1ccc2c(c1)OCO2. The molecular weight excluding hydrogens is 326 g/mol. The molecule has 0 unspecified atom stereocenters. The van der Waals surface area contributed by atoms with Crippen LogP contribution in [0, 0.1) is 10.1 Å². The lowest BCUT2D eigenvalue weighted by molar-refractivity contribution is -0.485. The predicted octanol–water partition coefficient (Wildman–Crippen LogP) is -2.01. The molecule has 0 saturated heterocycles. The van der Waals surface area contributed by atoms with Crippen molar-refractivity contribution >= 4 is 24.0 Å². The van der Waals surface area contributed by atoms with E-state index in [1.165, 1.54) is 6.21 Å². The smallest absolute Gasteiger partial charge is 0.331 e. The summed E-state index contributed by atoms with van der Waals surface area (Å²) in [6, 6.07) is 4.97. The average Bonchev–Trinajstić information content (AvgIpc) is 2.99. The van der Waals surface area contributed by atoms with Crippen LogP contribution in [-0.2, 0) is 9.59 Å². The highest BCUT2D eigenvalue weighted by Crippen LogP contribution is 2.31. The zero-order valence-corrected chi connectivity index (χ0v) is 11.9. The molecule has 13 nitrogen and oxygen atoms in total. The van der Waals surface area contributed by atoms with E-state index >= 15 is 0 Å². The number of carbonyl (C=O) groups is 2. The van der Waals surface area contributed by atoms with Crippen molar-refractivity contribution in [2.24, 2.45) is 15.9 Å². The van der Waals surface area contributed by atoms with E-state index in [9.17, 15) is 19.7 Å². The summed E-state index contributed by atoms with van der Waals surface area (Å²) in [7, 11) is 0. The van der Waals surface area contributed by atoms with Gasteiger partial charge >= 0.3 is 11.8 Å². The van der Waals surface area contributed by atoms with Crippen molar-refractivity contribution in [1.82, 2.24) is 16.3 Å². The zero-order chi connectivity index (χ0) is 17.5. The van der Waals surface area contributed by atoms with Gasteiger partial charge in [0.15, 0.2) is 16.5 Å². The Labute approximate surface area is 133 Å². The van der Waals surface area contributed by atoms with E-state index in [1.807, 2.05) is 10.9 Å². The summed E-state index contributed by atoms with van der Waals surface area (Å²) in [5.41, 5.74) is 11.3. The number of carbonyl (C=O) groups excluding carboxylic acids is 2. The molecular formula is C11H11N7O6. The van der Waals surface area contributed by atoms with Crippen molar-refractivity contribution in [3.63, 3.8) is 0 Å². The number of nitrogens with one attached hydrogen (secondary N) is 3. The Kier molecular flexibility index (Phi) is 5.07. The standard InChI is InChI=1S/C11H11N7O6/c12-11(17-18(21)22)16-15-10(20)9(19)14-13-4-6-1-2-7-8(3-6)24-5-23-7/h1-4H,5H2,(H,14,19)(H,15,20)(H3,12,16,17)/b13-4+. The third-order valence-electron chi connectivity index (χ3n) is 2.48. The molecule has 126 valence electrons. The number of hydrogen-bond donors (Lipinski definition) is 4. The predicted molar refractivity (Wildman–Crippen MR) is 78.2 cm³/mol. The topological polar surface area (TPSA) is 183 Å². The van der Waals surface area contributed by atoms with Crippen molar-refractivity contribution in [3.05, 3.63) is 33.9 Å². The maximum absolute atomic E-state index is 11.4. The second-order valence-electron chi connectivity index (χ2n) is 4.11. The van der Waals surface area contributed by atoms with Gasteiger partial charge in [-0.15, -0.1) is 0 Å². The molecule has 1 aliphatic heterocycles. The lowest BCUT2D eigenvalue weighted by Gasteiger charge is -2.03. The molecule has 0 saturated carbocycles. The van der Waals surface area contributed by atoms with Gasteiger partial charge in [-0.2, -0.15) is 5.10 Å². The minimum atomic E-state index is -1.18. The summed E-state index contributed by atoms with van der Waals surface area (Å²) in [5, 5.41) is 15.2. The van der Waals surface area contributed by atoms with Gasteiger partial charge in [0.25, 0.3) is 5.96 Å². The second kappa shape index (κ2) is 7.39. The molecule has 0 bridgehead atoms. The fourth-order valence-corrected chi connectivity index (χ4v) is 1.50. The maximum Gasteiger partial charge on any atom is 0.331 e. The number of ether oxygens (including phenoxy) is 2. The zero-order valence-electron chi connectivity index (χ0n) is 11.9. The molecule has 0 atom stereocenters. The van der Waals surface area contributed by atoms with E-state index in [4.69, 9.17) is 15.2 Å². The van der Waals surface area contributed by atoms with Crippen LogP contribution >= 0.6 is 0 Å². The van der Waals surface area contributed by atoms with Gasteiger partial charge in [0, 0.05) is 0 Å². The first-order chi connectivity index (χ1) is 11.5. The molecule has 2 amide bonds. The highest BCUT2D eigenvalue weighted by molar-refractivity contribution is 6.35. The molecule has 0 aromatic heterocycles. The molecule has 0 spiro atoms. The minimum absolute atomic E-state index is 0.128. The molecule has 1 aromatic rings. The van der Waals surface area contributed by atoms with Gasteiger partial charge in [-0.3, -0.25) is 20.4 Å². The van der Waals surface area contributed by atoms with Crippen LogP contribution in [0.3, 0.4) is 0 Å². The number of hydrogen-bond acceptors (Lipinski definition) is 7. The maximum atomic E-state index is 11.4. The quantitative estimate of drug-likeness (QED) is 0.160. The first-order valence-electron chi connectivity index (χ1n) is 6.23. The van der Waals surface area contributed by atoms with Crippen molar-refractivity contribution in [2.45, 2.75) is 0 Å². The number of nitro groups is 1. The summed E-state index contributed by atoms with van der Waals surface area (Å²) in [6.45, 7) is 0.128. The van der Waals surface area contributed by atoms with Crippen LogP contribution in [0.1, 0.15) is 5.56 Å². The molecule has 0 aliphatic carbocycles. The summed E-state index contributed by atoms with van der Waals surface area (Å²) in [5.74, 6) is -1.89. The third kappa shape index (κ3) is 4.55. The van der Waals surface area contributed by atoms with E-state index in [1.54, 1.807) is 23.6 Å². The summed E-state index contributed by atoms with van der Waals surface area (Å²) >= 11 is 0. The van der Waals surface area contributed by atoms with Crippen molar-refractivity contribution in [1.29, 1.82) is 0 Å². The number of guanidine groups is 1. The number of nitrogens with zero attached hydrogens (tertiary/aromatic N) is 3. The van der Waals surface area contributed by atoms with Gasteiger partial charge in [-0.05, 0) is 23.8 Å². The first-order valence-corrected chi connectivity index (χ1v) is 6.23. The molecule has 1 heterocycles. The van der Waals surface area contributed by atoms with E-state index in [-0.39, 0.29) is 6.79 Å². The molecule has 24 heavy (non-hydrogen) atoms. The monoisotopic (exact) mass is 337 g/mol. The van der Waals surface area contributed by atoms with Gasteiger partial charge in [0.1, 0.15) is 5.10 Å². The van der Waals surface area contributed by atoms with Crippen LogP contribution in [0.15, 0.2) is 28.4 Å². The lowest BCUT2D eigenvalue weighted by atomic mass is 10.2. The number of nitrogens with two attached hydrogens (primary N) is 1. The largest absolute Gasteiger partial charge is 0.454 e. The third-order valence-corrected chi connectivity index (χ3v) is 2.48. The van der Waals surface area contributed by atoms with Crippen LogP contribution in [0.25, 0.3) is 0 Å². The van der Waals surface area contributed by atoms with Gasteiger partial charge in [0.2, 0.25) is 6.79 Å². The van der Waals surface area contributed by atoms with E-state index in [2.05, 4.69) is 10.2 Å². The van der Waals surface area contributed by atoms with E-state index in [0.29, 0.717) is 17.1 Å². The molecule has 1 aromatic carbocycles. The summed E-state index contributed by atoms with van der Waals surface area (Å²) < 4.78 is 10.3. The van der Waals surface area contributed by atoms with Gasteiger partial charge in [-0.25, -0.2) is 15.5 Å². The summed E-state index contributed by atoms with van der Waals surface area (Å²) in [6.07, 6.45) is 1.28. The number of hydrazone groups is 2. The lowest BCUT2D eigenvalue weighted by Crippen LogP contribution is -2.50. The number of hydrazine groups is 1. The van der Waals surface area contributed by atoms with Crippen molar-refractivity contribution in [3.8, 4) is 11.5 Å². The Morgan fingerprint density at radius 1 is 1.25 bits per heavy atom. The molecule has 13 heteroatoms. The number of rotatable bonds is 3. The van der Waals surface area contributed by atoms with Crippen LogP contribution in [-0.4, -0.2) is 35.8 Å². The highest BCUT2D eigenvalue weighted by Gasteiger charge is 2.14. The molecule has 2 rings (SSSR count). The normalized spacial score (nSPS) is 12.8. The van der Waals surface area contributed by atoms with Gasteiger partial charge < -0.3 is 15.2 Å². The van der Waals surface area contributed by atoms with Crippen molar-refractivity contribution in [2.75, 3.05) is 6.79 Å². The fraction of sp³-hybridized carbons (Fsp3) is 0.0909. The number of benzene rings is 1. The first kappa shape index (κ1) is 16.5. The molecule has 5 N–H and O–H groups in total. The van der Waals surface area contributed by atoms with Crippen LogP contribution in [0.4, 0.5) is 0 Å². The Bertz CT molecular complexity index is 732. The number of amides is 2. The molecule has 1 aliphatic rings.